The second-order valence-corrected chi connectivity index (χ2v) is 6.89. The van der Waals surface area contributed by atoms with Gasteiger partial charge >= 0.3 is 17.8 Å². The number of nitrogens with one attached hydrogen (secondary N) is 2. The average molecular weight is 436 g/mol. The molecule has 8 heteroatoms. The van der Waals surface area contributed by atoms with E-state index in [4.69, 9.17) is 16.3 Å². The van der Waals surface area contributed by atoms with Gasteiger partial charge in [0.1, 0.15) is 5.75 Å². The third kappa shape index (κ3) is 6.25. The van der Waals surface area contributed by atoms with Crippen molar-refractivity contribution >= 4 is 41.3 Å². The first kappa shape index (κ1) is 21.7. The van der Waals surface area contributed by atoms with Gasteiger partial charge in [-0.2, -0.15) is 5.10 Å². The van der Waals surface area contributed by atoms with Gasteiger partial charge in [0.05, 0.1) is 11.8 Å². The molecule has 3 rings (SSSR count). The number of nitrogens with zero attached hydrogens (tertiary/aromatic N) is 1. The second-order valence-electron chi connectivity index (χ2n) is 6.45. The molecule has 0 heterocycles. The van der Waals surface area contributed by atoms with E-state index in [0.29, 0.717) is 21.8 Å². The fourth-order valence-corrected chi connectivity index (χ4v) is 2.59. The van der Waals surface area contributed by atoms with E-state index in [1.165, 1.54) is 6.21 Å². The van der Waals surface area contributed by atoms with Gasteiger partial charge in [0.2, 0.25) is 0 Å². The van der Waals surface area contributed by atoms with Crippen LogP contribution in [0.5, 0.6) is 5.75 Å². The number of hydrazone groups is 1. The highest BCUT2D eigenvalue weighted by Gasteiger charge is 2.13. The topological polar surface area (TPSA) is 96.9 Å². The maximum Gasteiger partial charge on any atom is 0.343 e. The van der Waals surface area contributed by atoms with Crippen molar-refractivity contribution in [1.82, 2.24) is 5.43 Å². The molecule has 156 valence electrons. The van der Waals surface area contributed by atoms with E-state index in [1.807, 2.05) is 19.1 Å². The van der Waals surface area contributed by atoms with Crippen LogP contribution >= 0.6 is 11.6 Å². The van der Waals surface area contributed by atoms with Crippen molar-refractivity contribution in [2.75, 3.05) is 5.32 Å². The van der Waals surface area contributed by atoms with E-state index < -0.39 is 17.8 Å². The molecule has 0 radical (unpaired) electrons. The first-order chi connectivity index (χ1) is 14.9. The Morgan fingerprint density at radius 3 is 2.29 bits per heavy atom. The van der Waals surface area contributed by atoms with Gasteiger partial charge in [0.15, 0.2) is 0 Å². The Balaban J connectivity index is 1.61. The lowest BCUT2D eigenvalue weighted by atomic mass is 10.2. The number of aryl methyl sites for hydroxylation is 1. The molecule has 3 aromatic rings. The van der Waals surface area contributed by atoms with Crippen LogP contribution in [0.15, 0.2) is 77.9 Å². The van der Waals surface area contributed by atoms with Crippen molar-refractivity contribution in [2.24, 2.45) is 5.10 Å². The van der Waals surface area contributed by atoms with Crippen LogP contribution in [0, 0.1) is 6.92 Å². The van der Waals surface area contributed by atoms with Crippen LogP contribution in [0.2, 0.25) is 5.02 Å². The summed E-state index contributed by atoms with van der Waals surface area (Å²) in [6, 6.07) is 19.9. The molecule has 31 heavy (non-hydrogen) atoms. The van der Waals surface area contributed by atoms with Gasteiger partial charge < -0.3 is 10.1 Å². The largest absolute Gasteiger partial charge is 0.422 e. The van der Waals surface area contributed by atoms with Gasteiger partial charge in [0.25, 0.3) is 0 Å². The standard InChI is InChI=1S/C23H18ClN3O4/c1-15-6-12-19(13-7-15)26-21(28)22(29)27-25-14-17-4-2-3-5-20(17)31-23(30)16-8-10-18(24)11-9-16/h2-14H,1H3,(H,26,28)(H,27,29)/b25-14-. The molecule has 2 amide bonds. The van der Waals surface area contributed by atoms with E-state index in [2.05, 4.69) is 15.8 Å². The van der Waals surface area contributed by atoms with E-state index in [0.717, 1.165) is 5.56 Å². The number of carbonyl (C=O) groups excluding carboxylic acids is 3. The van der Waals surface area contributed by atoms with E-state index in [-0.39, 0.29) is 5.75 Å². The zero-order chi connectivity index (χ0) is 22.2. The molecular weight excluding hydrogens is 418 g/mol. The lowest BCUT2D eigenvalue weighted by Gasteiger charge is -2.07. The summed E-state index contributed by atoms with van der Waals surface area (Å²) in [5.41, 5.74) is 4.43. The molecule has 0 fully saturated rings. The maximum atomic E-state index is 12.3. The molecule has 0 saturated heterocycles. The van der Waals surface area contributed by atoms with Crippen LogP contribution in [0.1, 0.15) is 21.5 Å². The predicted octanol–water partition coefficient (Wildman–Crippen LogP) is 3.96. The molecule has 0 aliphatic carbocycles. The lowest BCUT2D eigenvalue weighted by Crippen LogP contribution is -2.32. The number of anilines is 1. The van der Waals surface area contributed by atoms with E-state index in [1.54, 1.807) is 60.7 Å². The van der Waals surface area contributed by atoms with E-state index in [9.17, 15) is 14.4 Å². The Morgan fingerprint density at radius 2 is 1.58 bits per heavy atom. The number of amides is 2. The number of ether oxygens (including phenoxy) is 1. The van der Waals surface area contributed by atoms with Crippen molar-refractivity contribution in [3.8, 4) is 5.75 Å². The highest BCUT2D eigenvalue weighted by atomic mass is 35.5. The third-order valence-electron chi connectivity index (χ3n) is 4.09. The highest BCUT2D eigenvalue weighted by molar-refractivity contribution is 6.39. The summed E-state index contributed by atoms with van der Waals surface area (Å²) in [7, 11) is 0. The SMILES string of the molecule is Cc1ccc(NC(=O)C(=O)N/N=C\c2ccccc2OC(=O)c2ccc(Cl)cc2)cc1. The summed E-state index contributed by atoms with van der Waals surface area (Å²) in [5, 5.41) is 6.76. The van der Waals surface area contributed by atoms with Gasteiger partial charge in [0, 0.05) is 16.3 Å². The van der Waals surface area contributed by atoms with E-state index >= 15 is 0 Å². The number of hydrogen-bond donors (Lipinski definition) is 2. The monoisotopic (exact) mass is 435 g/mol. The van der Waals surface area contributed by atoms with Crippen molar-refractivity contribution in [2.45, 2.75) is 6.92 Å². The van der Waals surface area contributed by atoms with Crippen LogP contribution < -0.4 is 15.5 Å². The van der Waals surface area contributed by atoms with Crippen LogP contribution in [-0.2, 0) is 9.59 Å². The number of para-hydroxylation sites is 1. The molecule has 0 unspecified atom stereocenters. The number of benzene rings is 3. The Labute approximate surface area is 183 Å². The third-order valence-corrected chi connectivity index (χ3v) is 4.34. The molecule has 7 nitrogen and oxygen atoms in total. The molecule has 0 aromatic heterocycles. The number of carbonyl (C=O) groups is 3. The highest BCUT2D eigenvalue weighted by Crippen LogP contribution is 2.18. The summed E-state index contributed by atoms with van der Waals surface area (Å²) < 4.78 is 5.40. The zero-order valence-electron chi connectivity index (χ0n) is 16.5. The molecule has 0 aliphatic heterocycles. The van der Waals surface area contributed by atoms with Crippen LogP contribution in [0.25, 0.3) is 0 Å². The Hall–Kier alpha value is -3.97. The Bertz CT molecular complexity index is 1130. The quantitative estimate of drug-likeness (QED) is 0.208. The molecule has 0 atom stereocenters. The summed E-state index contributed by atoms with van der Waals surface area (Å²) in [4.78, 5) is 36.2. The fourth-order valence-electron chi connectivity index (χ4n) is 2.46. The lowest BCUT2D eigenvalue weighted by molar-refractivity contribution is -0.136. The van der Waals surface area contributed by atoms with Crippen molar-refractivity contribution < 1.29 is 19.1 Å². The van der Waals surface area contributed by atoms with Crippen molar-refractivity contribution in [3.05, 3.63) is 94.5 Å². The summed E-state index contributed by atoms with van der Waals surface area (Å²) >= 11 is 5.83. The minimum absolute atomic E-state index is 0.240. The van der Waals surface area contributed by atoms with Gasteiger partial charge in [-0.05, 0) is 55.5 Å². The van der Waals surface area contributed by atoms with Gasteiger partial charge in [-0.1, -0.05) is 41.4 Å². The van der Waals surface area contributed by atoms with Crippen molar-refractivity contribution in [1.29, 1.82) is 0 Å². The first-order valence-electron chi connectivity index (χ1n) is 9.20. The minimum atomic E-state index is -0.938. The average Bonchev–Trinajstić information content (AvgIpc) is 2.76. The molecular formula is C23H18ClN3O4. The molecule has 2 N–H and O–H groups in total. The molecule has 0 saturated carbocycles. The minimum Gasteiger partial charge on any atom is -0.422 e. The van der Waals surface area contributed by atoms with Gasteiger partial charge in [-0.15, -0.1) is 0 Å². The molecule has 0 spiro atoms. The van der Waals surface area contributed by atoms with Crippen LogP contribution in [-0.4, -0.2) is 24.0 Å². The first-order valence-corrected chi connectivity index (χ1v) is 9.58. The smallest absolute Gasteiger partial charge is 0.343 e. The maximum absolute atomic E-state index is 12.3. The zero-order valence-corrected chi connectivity index (χ0v) is 17.2. The number of esters is 1. The van der Waals surface area contributed by atoms with Gasteiger partial charge in [-0.3, -0.25) is 9.59 Å². The second kappa shape index (κ2) is 10.2. The van der Waals surface area contributed by atoms with Crippen molar-refractivity contribution in [3.63, 3.8) is 0 Å². The number of hydrogen-bond acceptors (Lipinski definition) is 5. The van der Waals surface area contributed by atoms with Crippen LogP contribution in [0.3, 0.4) is 0 Å². The Kier molecular flexibility index (Phi) is 7.13. The predicted molar refractivity (Wildman–Crippen MR) is 118 cm³/mol. The molecule has 3 aromatic carbocycles. The number of halogens is 1. The van der Waals surface area contributed by atoms with Gasteiger partial charge in [-0.25, -0.2) is 10.2 Å². The normalized spacial score (nSPS) is 10.5. The summed E-state index contributed by atoms with van der Waals surface area (Å²) in [6.45, 7) is 1.91. The number of rotatable bonds is 5. The summed E-state index contributed by atoms with van der Waals surface area (Å²) in [6.07, 6.45) is 1.28. The fraction of sp³-hybridized carbons (Fsp3) is 0.0435. The Morgan fingerprint density at radius 1 is 0.903 bits per heavy atom. The van der Waals surface area contributed by atoms with Crippen LogP contribution in [0.4, 0.5) is 5.69 Å². The molecule has 0 bridgehead atoms. The molecule has 0 aliphatic rings. The summed E-state index contributed by atoms with van der Waals surface area (Å²) in [5.74, 6) is -2.13.